The van der Waals surface area contributed by atoms with E-state index in [0.717, 1.165) is 30.1 Å². The van der Waals surface area contributed by atoms with Gasteiger partial charge in [0.25, 0.3) is 0 Å². The van der Waals surface area contributed by atoms with Crippen LogP contribution in [0, 0.1) is 5.92 Å². The lowest BCUT2D eigenvalue weighted by Gasteiger charge is -2.39. The lowest BCUT2D eigenvalue weighted by atomic mass is 9.77. The molecule has 20 heavy (non-hydrogen) atoms. The number of benzene rings is 1. The lowest BCUT2D eigenvalue weighted by molar-refractivity contribution is -0.0817. The number of hydrogen-bond donors (Lipinski definition) is 1. The largest absolute Gasteiger partial charge is 0.496 e. The Morgan fingerprint density at radius 1 is 1.25 bits per heavy atom. The number of nitrogens with two attached hydrogens (primary N) is 1. The molecule has 1 aromatic carbocycles. The lowest BCUT2D eigenvalue weighted by Crippen LogP contribution is -2.43. The van der Waals surface area contributed by atoms with Gasteiger partial charge in [-0.15, -0.1) is 0 Å². The Hall–Kier alpha value is -1.06. The molecule has 0 atom stereocenters. The maximum Gasteiger partial charge on any atom is 0.124 e. The van der Waals surface area contributed by atoms with Crippen LogP contribution in [-0.4, -0.2) is 19.3 Å². The second-order valence-electron chi connectivity index (χ2n) is 5.84. The van der Waals surface area contributed by atoms with Crippen molar-refractivity contribution in [3.8, 4) is 5.75 Å². The topological polar surface area (TPSA) is 44.5 Å². The van der Waals surface area contributed by atoms with Crippen LogP contribution in [0.2, 0.25) is 0 Å². The first kappa shape index (κ1) is 15.3. The second kappa shape index (κ2) is 7.09. The van der Waals surface area contributed by atoms with Crippen LogP contribution in [0.3, 0.4) is 0 Å². The van der Waals surface area contributed by atoms with Crippen LogP contribution in [0.15, 0.2) is 24.3 Å². The van der Waals surface area contributed by atoms with Gasteiger partial charge in [-0.1, -0.05) is 31.5 Å². The third kappa shape index (κ3) is 3.53. The number of rotatable bonds is 6. The van der Waals surface area contributed by atoms with Crippen molar-refractivity contribution in [2.75, 3.05) is 13.7 Å². The van der Waals surface area contributed by atoms with E-state index in [2.05, 4.69) is 13.0 Å². The summed E-state index contributed by atoms with van der Waals surface area (Å²) in [5, 5.41) is 0. The molecule has 0 heterocycles. The highest BCUT2D eigenvalue weighted by molar-refractivity contribution is 5.32. The third-order valence-corrected chi connectivity index (χ3v) is 4.69. The van der Waals surface area contributed by atoms with E-state index in [1.165, 1.54) is 19.3 Å². The number of para-hydroxylation sites is 1. The van der Waals surface area contributed by atoms with Crippen molar-refractivity contribution >= 4 is 0 Å². The average Bonchev–Trinajstić information content (AvgIpc) is 2.53. The average molecular weight is 277 g/mol. The number of methoxy groups -OCH3 is 1. The van der Waals surface area contributed by atoms with Crippen molar-refractivity contribution < 1.29 is 9.47 Å². The van der Waals surface area contributed by atoms with Gasteiger partial charge in [0.15, 0.2) is 0 Å². The van der Waals surface area contributed by atoms with Gasteiger partial charge < -0.3 is 15.2 Å². The molecule has 2 N–H and O–H groups in total. The third-order valence-electron chi connectivity index (χ3n) is 4.69. The summed E-state index contributed by atoms with van der Waals surface area (Å²) in [5.74, 6) is 1.74. The number of hydrogen-bond acceptors (Lipinski definition) is 3. The molecule has 1 aromatic rings. The molecule has 0 spiro atoms. The Morgan fingerprint density at radius 2 is 1.95 bits per heavy atom. The SMILES string of the molecule is CCC1CCC(CN)(OCc2ccccc2OC)CC1. The Morgan fingerprint density at radius 3 is 2.55 bits per heavy atom. The fourth-order valence-corrected chi connectivity index (χ4v) is 3.07. The van der Waals surface area contributed by atoms with Crippen LogP contribution in [0.5, 0.6) is 5.75 Å². The summed E-state index contributed by atoms with van der Waals surface area (Å²) < 4.78 is 11.6. The van der Waals surface area contributed by atoms with Crippen LogP contribution >= 0.6 is 0 Å². The summed E-state index contributed by atoms with van der Waals surface area (Å²) in [6.45, 7) is 3.46. The van der Waals surface area contributed by atoms with Gasteiger partial charge in [-0.05, 0) is 37.7 Å². The number of ether oxygens (including phenoxy) is 2. The van der Waals surface area contributed by atoms with E-state index in [1.807, 2.05) is 18.2 Å². The second-order valence-corrected chi connectivity index (χ2v) is 5.84. The Labute approximate surface area is 122 Å². The van der Waals surface area contributed by atoms with Crippen LogP contribution in [-0.2, 0) is 11.3 Å². The predicted molar refractivity (Wildman–Crippen MR) is 81.8 cm³/mol. The first-order valence-corrected chi connectivity index (χ1v) is 7.69. The monoisotopic (exact) mass is 277 g/mol. The van der Waals surface area contributed by atoms with Gasteiger partial charge in [-0.2, -0.15) is 0 Å². The van der Waals surface area contributed by atoms with E-state index in [9.17, 15) is 0 Å². The molecule has 1 fully saturated rings. The van der Waals surface area contributed by atoms with Gasteiger partial charge >= 0.3 is 0 Å². The zero-order chi connectivity index (χ0) is 14.4. The maximum atomic E-state index is 6.24. The maximum absolute atomic E-state index is 6.24. The molecule has 3 heteroatoms. The molecule has 0 saturated heterocycles. The summed E-state index contributed by atoms with van der Waals surface area (Å²) in [6, 6.07) is 8.03. The Kier molecular flexibility index (Phi) is 5.44. The van der Waals surface area contributed by atoms with Crippen LogP contribution in [0.4, 0.5) is 0 Å². The Bertz CT molecular complexity index is 411. The van der Waals surface area contributed by atoms with Crippen molar-refractivity contribution in [2.24, 2.45) is 11.7 Å². The minimum absolute atomic E-state index is 0.132. The van der Waals surface area contributed by atoms with Crippen LogP contribution < -0.4 is 10.5 Å². The van der Waals surface area contributed by atoms with Gasteiger partial charge in [0, 0.05) is 12.1 Å². The van der Waals surface area contributed by atoms with Gasteiger partial charge in [0.1, 0.15) is 5.75 Å². The summed E-state index contributed by atoms with van der Waals surface area (Å²) in [5.41, 5.74) is 6.97. The fraction of sp³-hybridized carbons (Fsp3) is 0.647. The highest BCUT2D eigenvalue weighted by Gasteiger charge is 2.34. The molecule has 3 nitrogen and oxygen atoms in total. The molecule has 0 bridgehead atoms. The molecule has 0 unspecified atom stereocenters. The van der Waals surface area contributed by atoms with E-state index in [4.69, 9.17) is 15.2 Å². The summed E-state index contributed by atoms with van der Waals surface area (Å²) in [4.78, 5) is 0. The van der Waals surface area contributed by atoms with Crippen molar-refractivity contribution in [1.82, 2.24) is 0 Å². The van der Waals surface area contributed by atoms with E-state index < -0.39 is 0 Å². The standard InChI is InChI=1S/C17H27NO2/c1-3-14-8-10-17(13-18,11-9-14)20-12-15-6-4-5-7-16(15)19-2/h4-7,14H,3,8-13,18H2,1-2H3. The predicted octanol–water partition coefficient (Wildman–Crippen LogP) is 3.51. The minimum Gasteiger partial charge on any atom is -0.496 e. The van der Waals surface area contributed by atoms with Gasteiger partial charge in [0.05, 0.1) is 19.3 Å². The first-order chi connectivity index (χ1) is 9.73. The molecule has 1 aliphatic rings. The van der Waals surface area contributed by atoms with Crippen molar-refractivity contribution in [3.05, 3.63) is 29.8 Å². The van der Waals surface area contributed by atoms with E-state index in [1.54, 1.807) is 7.11 Å². The van der Waals surface area contributed by atoms with Crippen molar-refractivity contribution in [1.29, 1.82) is 0 Å². The highest BCUT2D eigenvalue weighted by Crippen LogP contribution is 2.36. The first-order valence-electron chi connectivity index (χ1n) is 7.69. The van der Waals surface area contributed by atoms with Crippen LogP contribution in [0.25, 0.3) is 0 Å². The van der Waals surface area contributed by atoms with Gasteiger partial charge in [-0.3, -0.25) is 0 Å². The fourth-order valence-electron chi connectivity index (χ4n) is 3.07. The van der Waals surface area contributed by atoms with Gasteiger partial charge in [-0.25, -0.2) is 0 Å². The normalized spacial score (nSPS) is 26.4. The molecule has 0 radical (unpaired) electrons. The molecule has 0 aliphatic heterocycles. The van der Waals surface area contributed by atoms with Gasteiger partial charge in [0.2, 0.25) is 0 Å². The van der Waals surface area contributed by atoms with Crippen LogP contribution in [0.1, 0.15) is 44.6 Å². The summed E-state index contributed by atoms with van der Waals surface area (Å²) in [6.07, 6.45) is 5.90. The smallest absolute Gasteiger partial charge is 0.124 e. The van der Waals surface area contributed by atoms with E-state index >= 15 is 0 Å². The zero-order valence-electron chi connectivity index (χ0n) is 12.7. The molecule has 0 aromatic heterocycles. The molecule has 0 amide bonds. The summed E-state index contributed by atoms with van der Waals surface area (Å²) in [7, 11) is 1.70. The summed E-state index contributed by atoms with van der Waals surface area (Å²) >= 11 is 0. The quantitative estimate of drug-likeness (QED) is 0.865. The minimum atomic E-state index is -0.132. The molecule has 1 aliphatic carbocycles. The van der Waals surface area contributed by atoms with E-state index in [-0.39, 0.29) is 5.60 Å². The highest BCUT2D eigenvalue weighted by atomic mass is 16.5. The molecular weight excluding hydrogens is 250 g/mol. The molecule has 112 valence electrons. The van der Waals surface area contributed by atoms with Crippen molar-refractivity contribution in [3.63, 3.8) is 0 Å². The van der Waals surface area contributed by atoms with Crippen molar-refractivity contribution in [2.45, 2.75) is 51.2 Å². The Balaban J connectivity index is 1.97. The molecule has 1 saturated carbocycles. The zero-order valence-corrected chi connectivity index (χ0v) is 12.7. The molecule has 2 rings (SSSR count). The molecular formula is C17H27NO2. The van der Waals surface area contributed by atoms with E-state index in [0.29, 0.717) is 13.2 Å².